The summed E-state index contributed by atoms with van der Waals surface area (Å²) >= 11 is -2.14. The Labute approximate surface area is 110 Å². The summed E-state index contributed by atoms with van der Waals surface area (Å²) in [5.41, 5.74) is 5.89. The van der Waals surface area contributed by atoms with Crippen LogP contribution in [0.3, 0.4) is 0 Å². The zero-order valence-electron chi connectivity index (χ0n) is 6.11. The van der Waals surface area contributed by atoms with E-state index in [1.807, 2.05) is 0 Å². The second kappa shape index (κ2) is 5.42. The van der Waals surface area contributed by atoms with Crippen LogP contribution in [0, 0.1) is 0 Å². The van der Waals surface area contributed by atoms with Crippen LogP contribution in [0.4, 0.5) is 5.69 Å². The van der Waals surface area contributed by atoms with E-state index in [4.69, 9.17) is 5.73 Å². The van der Waals surface area contributed by atoms with Gasteiger partial charge in [0.25, 0.3) is 0 Å². The van der Waals surface area contributed by atoms with Crippen molar-refractivity contribution < 1.29 is 60.1 Å². The summed E-state index contributed by atoms with van der Waals surface area (Å²) in [5, 5.41) is 0. The van der Waals surface area contributed by atoms with E-state index in [1.165, 1.54) is 12.1 Å². The summed E-state index contributed by atoms with van der Waals surface area (Å²) in [7, 11) is 0. The molecule has 54 valence electrons. The van der Waals surface area contributed by atoms with Crippen molar-refractivity contribution in [2.45, 2.75) is 4.90 Å². The third-order valence-corrected chi connectivity index (χ3v) is 1.73. The van der Waals surface area contributed by atoms with Crippen molar-refractivity contribution in [1.82, 2.24) is 0 Å². The van der Waals surface area contributed by atoms with Gasteiger partial charge in [0, 0.05) is 10.6 Å². The van der Waals surface area contributed by atoms with Crippen LogP contribution in [0.1, 0.15) is 0 Å². The molecule has 5 heteroatoms. The van der Waals surface area contributed by atoms with Gasteiger partial charge >= 0.3 is 51.4 Å². The minimum atomic E-state index is -2.14. The molecule has 0 heterocycles. The molecule has 0 aliphatic rings. The summed E-state index contributed by atoms with van der Waals surface area (Å²) in [5.74, 6) is 0. The van der Waals surface area contributed by atoms with Crippen molar-refractivity contribution in [1.29, 1.82) is 0 Å². The van der Waals surface area contributed by atoms with Crippen LogP contribution in [-0.2, 0) is 11.1 Å². The first-order chi connectivity index (χ1) is 4.70. The Kier molecular flexibility index (Phi) is 5.80. The topological polar surface area (TPSA) is 66.2 Å². The van der Waals surface area contributed by atoms with Gasteiger partial charge in [-0.25, -0.2) is 0 Å². The molecule has 0 radical (unpaired) electrons. The van der Waals surface area contributed by atoms with Gasteiger partial charge in [-0.1, -0.05) is 0 Å². The number of hydrogen-bond donors (Lipinski definition) is 1. The molecule has 0 aromatic heterocycles. The zero-order valence-corrected chi connectivity index (χ0v) is 10.1. The minimum Gasteiger partial charge on any atom is -0.768 e. The molecule has 1 aromatic rings. The zero-order chi connectivity index (χ0) is 7.56. The molecule has 0 aliphatic heterocycles. The summed E-state index contributed by atoms with van der Waals surface area (Å²) in [4.78, 5) is 0.259. The predicted molar refractivity (Wildman–Crippen MR) is 38.0 cm³/mol. The van der Waals surface area contributed by atoms with Gasteiger partial charge < -0.3 is 10.3 Å². The van der Waals surface area contributed by atoms with Crippen LogP contribution in [0.5, 0.6) is 0 Å². The van der Waals surface area contributed by atoms with Crippen molar-refractivity contribution in [2.75, 3.05) is 5.73 Å². The Morgan fingerprint density at radius 3 is 2.09 bits per heavy atom. The molecule has 0 saturated heterocycles. The number of nitrogen functional groups attached to an aromatic ring is 1. The van der Waals surface area contributed by atoms with E-state index in [1.54, 1.807) is 12.1 Å². The molecule has 0 bridgehead atoms. The summed E-state index contributed by atoms with van der Waals surface area (Å²) in [6.07, 6.45) is 0. The largest absolute Gasteiger partial charge is 1.00 e. The Balaban J connectivity index is 0.000001000. The molecule has 2 N–H and O–H groups in total. The maximum absolute atomic E-state index is 10.3. The van der Waals surface area contributed by atoms with Gasteiger partial charge in [-0.3, -0.25) is 4.21 Å². The van der Waals surface area contributed by atoms with Crippen LogP contribution >= 0.6 is 0 Å². The van der Waals surface area contributed by atoms with Crippen molar-refractivity contribution in [3.8, 4) is 0 Å². The van der Waals surface area contributed by atoms with Crippen LogP contribution in [-0.4, -0.2) is 8.76 Å². The number of hydrogen-bond acceptors (Lipinski definition) is 3. The molecule has 1 unspecified atom stereocenters. The van der Waals surface area contributed by atoms with Crippen LogP contribution in [0.25, 0.3) is 0 Å². The monoisotopic (exact) mass is 195 g/mol. The molecule has 3 nitrogen and oxygen atoms in total. The molecular weight excluding hydrogens is 189 g/mol. The fraction of sp³-hybridized carbons (Fsp3) is 0. The molecule has 1 rings (SSSR count). The Hall–Kier alpha value is 0.766. The molecular formula is C6H6KNO2S. The van der Waals surface area contributed by atoms with Crippen LogP contribution in [0.15, 0.2) is 29.2 Å². The number of anilines is 1. The normalized spacial score (nSPS) is 11.7. The molecule has 0 aliphatic carbocycles. The van der Waals surface area contributed by atoms with Gasteiger partial charge in [0.15, 0.2) is 0 Å². The van der Waals surface area contributed by atoms with Gasteiger partial charge in [-0.2, -0.15) is 0 Å². The van der Waals surface area contributed by atoms with Crippen molar-refractivity contribution >= 4 is 16.8 Å². The quantitative estimate of drug-likeness (QED) is 0.306. The van der Waals surface area contributed by atoms with Crippen LogP contribution < -0.4 is 57.1 Å². The van der Waals surface area contributed by atoms with E-state index in [9.17, 15) is 8.76 Å². The minimum absolute atomic E-state index is 0. The van der Waals surface area contributed by atoms with Gasteiger partial charge in [0.2, 0.25) is 0 Å². The Morgan fingerprint density at radius 2 is 1.73 bits per heavy atom. The SMILES string of the molecule is Nc1ccc(S(=O)[O-])cc1.[K+]. The average Bonchev–Trinajstić information content (AvgIpc) is 1.88. The molecule has 0 amide bonds. The first-order valence-corrected chi connectivity index (χ1v) is 3.72. The smallest absolute Gasteiger partial charge is 0.768 e. The van der Waals surface area contributed by atoms with Crippen molar-refractivity contribution in [3.63, 3.8) is 0 Å². The molecule has 11 heavy (non-hydrogen) atoms. The number of benzene rings is 1. The molecule has 1 aromatic carbocycles. The maximum Gasteiger partial charge on any atom is 1.00 e. The number of nitrogens with two attached hydrogens (primary N) is 1. The van der Waals surface area contributed by atoms with E-state index < -0.39 is 11.1 Å². The van der Waals surface area contributed by atoms with Gasteiger partial charge in [0.1, 0.15) is 0 Å². The molecule has 0 spiro atoms. The van der Waals surface area contributed by atoms with Crippen LogP contribution in [0.2, 0.25) is 0 Å². The third-order valence-electron chi connectivity index (χ3n) is 1.07. The fourth-order valence-corrected chi connectivity index (χ4v) is 0.937. The third kappa shape index (κ3) is 3.79. The van der Waals surface area contributed by atoms with Crippen molar-refractivity contribution in [3.05, 3.63) is 24.3 Å². The average molecular weight is 195 g/mol. The van der Waals surface area contributed by atoms with Gasteiger partial charge in [-0.05, 0) is 35.3 Å². The first-order valence-electron chi connectivity index (χ1n) is 2.65. The number of rotatable bonds is 1. The standard InChI is InChI=1S/C6H7NO2S.K/c7-5-1-3-6(4-2-5)10(8)9;/h1-4H,7H2,(H,8,9);/q;+1/p-1. The molecule has 1 atom stereocenters. The second-order valence-corrected chi connectivity index (χ2v) is 2.74. The van der Waals surface area contributed by atoms with Gasteiger partial charge in [0.05, 0.1) is 0 Å². The summed E-state index contributed by atoms with van der Waals surface area (Å²) < 4.78 is 20.5. The second-order valence-electron chi connectivity index (χ2n) is 1.80. The van der Waals surface area contributed by atoms with E-state index in [2.05, 4.69) is 0 Å². The van der Waals surface area contributed by atoms with E-state index in [-0.39, 0.29) is 56.3 Å². The predicted octanol–water partition coefficient (Wildman–Crippen LogP) is -2.49. The Morgan fingerprint density at radius 1 is 1.27 bits per heavy atom. The first kappa shape index (κ1) is 11.8. The van der Waals surface area contributed by atoms with E-state index in [0.717, 1.165) is 0 Å². The summed E-state index contributed by atoms with van der Waals surface area (Å²) in [6.45, 7) is 0. The maximum atomic E-state index is 10.3. The van der Waals surface area contributed by atoms with E-state index >= 15 is 0 Å². The van der Waals surface area contributed by atoms with Gasteiger partial charge in [-0.15, -0.1) is 0 Å². The summed E-state index contributed by atoms with van der Waals surface area (Å²) in [6, 6.07) is 6.01. The molecule has 0 fully saturated rings. The molecule has 0 saturated carbocycles. The van der Waals surface area contributed by atoms with Crippen molar-refractivity contribution in [2.24, 2.45) is 0 Å². The fourth-order valence-electron chi connectivity index (χ4n) is 0.579. The Bertz CT molecular complexity index is 249. The van der Waals surface area contributed by atoms with E-state index in [0.29, 0.717) is 5.69 Å².